The molecule has 0 unspecified atom stereocenters. The molecule has 0 radical (unpaired) electrons. The van der Waals surface area contributed by atoms with Gasteiger partial charge in [0.1, 0.15) is 11.6 Å². The molecule has 1 aromatic carbocycles. The van der Waals surface area contributed by atoms with Gasteiger partial charge in [-0.3, -0.25) is 0 Å². The maximum Gasteiger partial charge on any atom is 0.445 e. The Morgan fingerprint density at radius 3 is 2.53 bits per heavy atom. The van der Waals surface area contributed by atoms with Gasteiger partial charge in [0.05, 0.1) is 0 Å². The van der Waals surface area contributed by atoms with Crippen molar-refractivity contribution >= 4 is 16.5 Å². The van der Waals surface area contributed by atoms with Crippen LogP contribution in [0.5, 0.6) is 0 Å². The Morgan fingerprint density at radius 1 is 1.16 bits per heavy atom. The molecule has 0 amide bonds. The van der Waals surface area contributed by atoms with Crippen LogP contribution in [-0.2, 0) is 12.7 Å². The third-order valence-electron chi connectivity index (χ3n) is 2.11. The van der Waals surface area contributed by atoms with Gasteiger partial charge in [0.2, 0.25) is 10.1 Å². The van der Waals surface area contributed by atoms with Gasteiger partial charge < -0.3 is 5.32 Å². The molecule has 0 bridgehead atoms. The molecule has 0 fully saturated rings. The Hall–Kier alpha value is -1.77. The lowest BCUT2D eigenvalue weighted by molar-refractivity contribution is -0.138. The molecule has 0 aliphatic rings. The number of aromatic nitrogens is 2. The van der Waals surface area contributed by atoms with Crippen LogP contribution in [0.3, 0.4) is 0 Å². The summed E-state index contributed by atoms with van der Waals surface area (Å²) >= 11 is 0.295. The van der Waals surface area contributed by atoms with Crippen LogP contribution in [0.25, 0.3) is 0 Å². The molecule has 9 heteroatoms. The number of benzene rings is 1. The quantitative estimate of drug-likeness (QED) is 0.881. The molecule has 1 heterocycles. The highest BCUT2D eigenvalue weighted by molar-refractivity contribution is 7.15. The van der Waals surface area contributed by atoms with Crippen LogP contribution in [0.1, 0.15) is 10.6 Å². The number of nitrogens with zero attached hydrogens (tertiary/aromatic N) is 2. The van der Waals surface area contributed by atoms with Crippen LogP contribution >= 0.6 is 11.3 Å². The Bertz CT molecular complexity index is 581. The molecule has 1 aromatic heterocycles. The highest BCUT2D eigenvalue weighted by Gasteiger charge is 2.35. The zero-order valence-corrected chi connectivity index (χ0v) is 9.95. The molecule has 0 saturated carbocycles. The third kappa shape index (κ3) is 3.37. The number of hydrogen-bond donors (Lipinski definition) is 1. The minimum absolute atomic E-state index is 0.0104. The van der Waals surface area contributed by atoms with E-state index in [9.17, 15) is 22.0 Å². The van der Waals surface area contributed by atoms with Crippen molar-refractivity contribution in [2.45, 2.75) is 12.7 Å². The average Bonchev–Trinajstić information content (AvgIpc) is 2.79. The van der Waals surface area contributed by atoms with Gasteiger partial charge in [-0.2, -0.15) is 13.2 Å². The molecule has 0 atom stereocenters. The molecule has 3 nitrogen and oxygen atoms in total. The predicted octanol–water partition coefficient (Wildman–Crippen LogP) is 3.45. The number of anilines is 1. The van der Waals surface area contributed by atoms with Crippen molar-refractivity contribution in [1.29, 1.82) is 0 Å². The van der Waals surface area contributed by atoms with E-state index in [0.29, 0.717) is 11.3 Å². The van der Waals surface area contributed by atoms with Crippen LogP contribution in [0.15, 0.2) is 18.2 Å². The molecule has 0 aliphatic carbocycles. The maximum absolute atomic E-state index is 13.2. The first-order valence-corrected chi connectivity index (χ1v) is 5.76. The van der Waals surface area contributed by atoms with E-state index in [1.54, 1.807) is 0 Å². The summed E-state index contributed by atoms with van der Waals surface area (Å²) in [5, 5.41) is 7.47. The van der Waals surface area contributed by atoms with Gasteiger partial charge in [-0.25, -0.2) is 8.78 Å². The lowest BCUT2D eigenvalue weighted by Crippen LogP contribution is -2.03. The van der Waals surface area contributed by atoms with Gasteiger partial charge in [-0.1, -0.05) is 11.3 Å². The van der Waals surface area contributed by atoms with E-state index in [-0.39, 0.29) is 17.2 Å². The summed E-state index contributed by atoms with van der Waals surface area (Å²) in [6.45, 7) is -0.184. The van der Waals surface area contributed by atoms with Crippen LogP contribution in [0.4, 0.5) is 27.1 Å². The molecule has 2 rings (SSSR count). The first kappa shape index (κ1) is 13.7. The Balaban J connectivity index is 2.06. The zero-order chi connectivity index (χ0) is 14.0. The number of rotatable bonds is 3. The fourth-order valence-corrected chi connectivity index (χ4v) is 1.87. The third-order valence-corrected chi connectivity index (χ3v) is 3.03. The van der Waals surface area contributed by atoms with E-state index in [2.05, 4.69) is 15.5 Å². The fourth-order valence-electron chi connectivity index (χ4n) is 1.26. The first-order valence-electron chi connectivity index (χ1n) is 4.95. The van der Waals surface area contributed by atoms with Gasteiger partial charge in [0, 0.05) is 12.1 Å². The molecular formula is C10H6F5N3S. The summed E-state index contributed by atoms with van der Waals surface area (Å²) < 4.78 is 62.9. The van der Waals surface area contributed by atoms with E-state index in [1.165, 1.54) is 0 Å². The SMILES string of the molecule is Fc1ccc(F)c(CNc2nnc(C(F)(F)F)s2)c1. The fraction of sp³-hybridized carbons (Fsp3) is 0.200. The molecule has 102 valence electrons. The lowest BCUT2D eigenvalue weighted by Gasteiger charge is -2.04. The topological polar surface area (TPSA) is 37.8 Å². The van der Waals surface area contributed by atoms with Gasteiger partial charge in [-0.05, 0) is 18.2 Å². The normalized spacial score (nSPS) is 11.6. The number of halogens is 5. The summed E-state index contributed by atoms with van der Waals surface area (Å²) in [6.07, 6.45) is -4.57. The van der Waals surface area contributed by atoms with Crippen molar-refractivity contribution in [3.63, 3.8) is 0 Å². The Kier molecular flexibility index (Phi) is 3.65. The van der Waals surface area contributed by atoms with E-state index < -0.39 is 22.8 Å². The van der Waals surface area contributed by atoms with Crippen LogP contribution < -0.4 is 5.32 Å². The molecule has 19 heavy (non-hydrogen) atoms. The van der Waals surface area contributed by atoms with Gasteiger partial charge in [-0.15, -0.1) is 10.2 Å². The predicted molar refractivity (Wildman–Crippen MR) is 58.6 cm³/mol. The van der Waals surface area contributed by atoms with Gasteiger partial charge in [0.15, 0.2) is 0 Å². The lowest BCUT2D eigenvalue weighted by atomic mass is 10.2. The minimum atomic E-state index is -4.57. The van der Waals surface area contributed by atoms with E-state index in [1.807, 2.05) is 0 Å². The minimum Gasteiger partial charge on any atom is -0.356 e. The molecule has 0 aliphatic heterocycles. The number of nitrogens with one attached hydrogen (secondary N) is 1. The highest BCUT2D eigenvalue weighted by atomic mass is 32.1. The van der Waals surface area contributed by atoms with Crippen molar-refractivity contribution in [1.82, 2.24) is 10.2 Å². The van der Waals surface area contributed by atoms with E-state index in [0.717, 1.165) is 18.2 Å². The van der Waals surface area contributed by atoms with Crippen molar-refractivity contribution in [3.05, 3.63) is 40.4 Å². The summed E-state index contributed by atoms with van der Waals surface area (Å²) in [4.78, 5) is 0. The molecule has 0 spiro atoms. The molecule has 2 aromatic rings. The van der Waals surface area contributed by atoms with E-state index >= 15 is 0 Å². The molecule has 1 N–H and O–H groups in total. The highest BCUT2D eigenvalue weighted by Crippen LogP contribution is 2.33. The zero-order valence-electron chi connectivity index (χ0n) is 9.13. The standard InChI is InChI=1S/C10H6F5N3S/c11-6-1-2-7(12)5(3-6)4-16-9-18-17-8(19-9)10(13,14)15/h1-3H,4H2,(H,16,18). The van der Waals surface area contributed by atoms with Gasteiger partial charge in [0.25, 0.3) is 0 Å². The van der Waals surface area contributed by atoms with Crippen molar-refractivity contribution in [2.75, 3.05) is 5.32 Å². The van der Waals surface area contributed by atoms with Crippen LogP contribution in [0, 0.1) is 11.6 Å². The summed E-state index contributed by atoms with van der Waals surface area (Å²) in [5.74, 6) is -1.29. The average molecular weight is 295 g/mol. The molecule has 0 saturated heterocycles. The smallest absolute Gasteiger partial charge is 0.356 e. The summed E-state index contributed by atoms with van der Waals surface area (Å²) in [7, 11) is 0. The van der Waals surface area contributed by atoms with Crippen molar-refractivity contribution < 1.29 is 22.0 Å². The van der Waals surface area contributed by atoms with Crippen molar-refractivity contribution in [3.8, 4) is 0 Å². The summed E-state index contributed by atoms with van der Waals surface area (Å²) in [6, 6.07) is 2.84. The number of hydrogen-bond acceptors (Lipinski definition) is 4. The Morgan fingerprint density at radius 2 is 1.89 bits per heavy atom. The molecular weight excluding hydrogens is 289 g/mol. The second kappa shape index (κ2) is 5.08. The second-order valence-corrected chi connectivity index (χ2v) is 4.48. The largest absolute Gasteiger partial charge is 0.445 e. The van der Waals surface area contributed by atoms with Crippen molar-refractivity contribution in [2.24, 2.45) is 0 Å². The monoisotopic (exact) mass is 295 g/mol. The Labute approximate surface area is 108 Å². The maximum atomic E-state index is 13.2. The van der Waals surface area contributed by atoms with Gasteiger partial charge >= 0.3 is 6.18 Å². The summed E-state index contributed by atoms with van der Waals surface area (Å²) in [5.41, 5.74) is -0.0104. The number of alkyl halides is 3. The van der Waals surface area contributed by atoms with E-state index in [4.69, 9.17) is 0 Å². The van der Waals surface area contributed by atoms with Crippen LogP contribution in [0.2, 0.25) is 0 Å². The second-order valence-electron chi connectivity index (χ2n) is 3.50. The first-order chi connectivity index (χ1) is 8.86. The van der Waals surface area contributed by atoms with Crippen LogP contribution in [-0.4, -0.2) is 10.2 Å².